The van der Waals surface area contributed by atoms with Gasteiger partial charge in [0.25, 0.3) is 0 Å². The van der Waals surface area contributed by atoms with Gasteiger partial charge in [-0.25, -0.2) is 9.97 Å². The van der Waals surface area contributed by atoms with Crippen LogP contribution in [0.15, 0.2) is 30.9 Å². The highest BCUT2D eigenvalue weighted by molar-refractivity contribution is 5.42. The van der Waals surface area contributed by atoms with E-state index < -0.39 is 0 Å². The molecule has 0 aliphatic carbocycles. The van der Waals surface area contributed by atoms with E-state index in [2.05, 4.69) is 31.2 Å². The zero-order chi connectivity index (χ0) is 15.2. The molecule has 0 unspecified atom stereocenters. The Balaban J connectivity index is 1.42. The van der Waals surface area contributed by atoms with Crippen LogP contribution in [0.25, 0.3) is 0 Å². The lowest BCUT2D eigenvalue weighted by Gasteiger charge is -2.33. The molecule has 1 fully saturated rings. The molecule has 114 valence electrons. The molecule has 2 aromatic heterocycles. The molecule has 1 aliphatic rings. The molecule has 0 aromatic carbocycles. The average Bonchev–Trinajstić information content (AvgIpc) is 3.09. The molecule has 0 amide bonds. The summed E-state index contributed by atoms with van der Waals surface area (Å²) in [4.78, 5) is 13.8. The van der Waals surface area contributed by atoms with E-state index in [1.54, 1.807) is 12.5 Å². The van der Waals surface area contributed by atoms with Crippen LogP contribution in [0, 0.1) is 11.3 Å². The molecule has 3 heterocycles. The number of nitriles is 1. The molecule has 0 bridgehead atoms. The van der Waals surface area contributed by atoms with Gasteiger partial charge in [-0.2, -0.15) is 5.26 Å². The highest BCUT2D eigenvalue weighted by atomic mass is 15.2. The number of imidazole rings is 1. The van der Waals surface area contributed by atoms with Crippen molar-refractivity contribution in [3.05, 3.63) is 42.1 Å². The third kappa shape index (κ3) is 3.62. The summed E-state index contributed by atoms with van der Waals surface area (Å²) in [7, 11) is 0. The summed E-state index contributed by atoms with van der Waals surface area (Å²) >= 11 is 0. The molecule has 1 saturated heterocycles. The maximum Gasteiger partial charge on any atom is 0.128 e. The minimum absolute atomic E-state index is 0.567. The van der Waals surface area contributed by atoms with Gasteiger partial charge in [0.1, 0.15) is 11.9 Å². The Labute approximate surface area is 130 Å². The SMILES string of the molecule is N#Cc1ccc(N2CCC(NCCc3cnc[nH]3)CC2)nc1. The van der Waals surface area contributed by atoms with Crippen molar-refractivity contribution in [2.45, 2.75) is 25.3 Å². The Bertz CT molecular complexity index is 605. The van der Waals surface area contributed by atoms with Gasteiger partial charge in [-0.1, -0.05) is 0 Å². The fourth-order valence-electron chi connectivity index (χ4n) is 2.78. The number of piperidine rings is 1. The molecule has 2 aromatic rings. The minimum Gasteiger partial charge on any atom is -0.357 e. The van der Waals surface area contributed by atoms with Crippen LogP contribution in [0.1, 0.15) is 24.1 Å². The summed E-state index contributed by atoms with van der Waals surface area (Å²) in [5, 5.41) is 12.4. The maximum absolute atomic E-state index is 8.81. The molecule has 0 atom stereocenters. The maximum atomic E-state index is 8.81. The Morgan fingerprint density at radius 3 is 2.82 bits per heavy atom. The van der Waals surface area contributed by atoms with Gasteiger partial charge < -0.3 is 15.2 Å². The fourth-order valence-corrected chi connectivity index (χ4v) is 2.78. The summed E-state index contributed by atoms with van der Waals surface area (Å²) in [5.74, 6) is 0.968. The van der Waals surface area contributed by atoms with Crippen LogP contribution in [0.5, 0.6) is 0 Å². The summed E-state index contributed by atoms with van der Waals surface area (Å²) in [6.45, 7) is 2.98. The van der Waals surface area contributed by atoms with Crippen molar-refractivity contribution in [2.24, 2.45) is 0 Å². The minimum atomic E-state index is 0.567. The van der Waals surface area contributed by atoms with Gasteiger partial charge in [-0.05, 0) is 25.0 Å². The Hall–Kier alpha value is -2.39. The van der Waals surface area contributed by atoms with Crippen LogP contribution < -0.4 is 10.2 Å². The molecule has 22 heavy (non-hydrogen) atoms. The number of hydrogen-bond donors (Lipinski definition) is 2. The summed E-state index contributed by atoms with van der Waals surface area (Å²) < 4.78 is 0. The van der Waals surface area contributed by atoms with E-state index >= 15 is 0 Å². The molecule has 1 aliphatic heterocycles. The zero-order valence-electron chi connectivity index (χ0n) is 12.5. The zero-order valence-corrected chi connectivity index (χ0v) is 12.5. The third-order valence-electron chi connectivity index (χ3n) is 4.08. The van der Waals surface area contributed by atoms with Crippen molar-refractivity contribution in [1.82, 2.24) is 20.3 Å². The molecule has 3 rings (SSSR count). The van der Waals surface area contributed by atoms with Crippen LogP contribution in [0.3, 0.4) is 0 Å². The molecule has 6 heteroatoms. The first kappa shape index (κ1) is 14.5. The van der Waals surface area contributed by atoms with Crippen LogP contribution in [-0.4, -0.2) is 40.6 Å². The Morgan fingerprint density at radius 2 is 2.18 bits per heavy atom. The molecule has 2 N–H and O–H groups in total. The number of aromatic nitrogens is 3. The van der Waals surface area contributed by atoms with E-state index in [4.69, 9.17) is 5.26 Å². The number of aromatic amines is 1. The van der Waals surface area contributed by atoms with Crippen LogP contribution in [-0.2, 0) is 6.42 Å². The number of rotatable bonds is 5. The van der Waals surface area contributed by atoms with E-state index in [-0.39, 0.29) is 0 Å². The summed E-state index contributed by atoms with van der Waals surface area (Å²) in [6.07, 6.45) is 8.45. The molecular weight excluding hydrogens is 276 g/mol. The van der Waals surface area contributed by atoms with Gasteiger partial charge in [0, 0.05) is 50.2 Å². The highest BCUT2D eigenvalue weighted by Crippen LogP contribution is 2.18. The number of H-pyrrole nitrogens is 1. The summed E-state index contributed by atoms with van der Waals surface area (Å²) in [5.41, 5.74) is 1.78. The normalized spacial score (nSPS) is 15.7. The van der Waals surface area contributed by atoms with Crippen molar-refractivity contribution in [1.29, 1.82) is 5.26 Å². The molecule has 0 spiro atoms. The quantitative estimate of drug-likeness (QED) is 0.873. The smallest absolute Gasteiger partial charge is 0.128 e. The van der Waals surface area contributed by atoms with Gasteiger partial charge in [0.2, 0.25) is 0 Å². The van der Waals surface area contributed by atoms with E-state index in [1.807, 2.05) is 18.3 Å². The molecule has 0 saturated carbocycles. The van der Waals surface area contributed by atoms with E-state index in [0.29, 0.717) is 11.6 Å². The predicted molar refractivity (Wildman–Crippen MR) is 84.5 cm³/mol. The first-order valence-corrected chi connectivity index (χ1v) is 7.67. The van der Waals surface area contributed by atoms with E-state index in [1.165, 1.54) is 5.69 Å². The molecular formula is C16H20N6. The molecule has 6 nitrogen and oxygen atoms in total. The second-order valence-corrected chi connectivity index (χ2v) is 5.56. The molecule has 0 radical (unpaired) electrons. The first-order valence-electron chi connectivity index (χ1n) is 7.67. The predicted octanol–water partition coefficient (Wildman–Crippen LogP) is 1.48. The van der Waals surface area contributed by atoms with E-state index in [0.717, 1.165) is 44.7 Å². The van der Waals surface area contributed by atoms with Crippen molar-refractivity contribution < 1.29 is 0 Å². The lowest BCUT2D eigenvalue weighted by molar-refractivity contribution is 0.416. The topological polar surface area (TPSA) is 80.6 Å². The van der Waals surface area contributed by atoms with Crippen LogP contribution in [0.4, 0.5) is 5.82 Å². The lowest BCUT2D eigenvalue weighted by atomic mass is 10.0. The number of nitrogens with zero attached hydrogens (tertiary/aromatic N) is 4. The number of nitrogens with one attached hydrogen (secondary N) is 2. The average molecular weight is 296 g/mol. The number of hydrogen-bond acceptors (Lipinski definition) is 5. The second kappa shape index (κ2) is 7.05. The van der Waals surface area contributed by atoms with Crippen molar-refractivity contribution in [3.8, 4) is 6.07 Å². The van der Waals surface area contributed by atoms with Gasteiger partial charge in [0.15, 0.2) is 0 Å². The third-order valence-corrected chi connectivity index (χ3v) is 4.08. The number of pyridine rings is 1. The van der Waals surface area contributed by atoms with Gasteiger partial charge in [0.05, 0.1) is 11.9 Å². The van der Waals surface area contributed by atoms with E-state index in [9.17, 15) is 0 Å². The Kier molecular flexibility index (Phi) is 4.66. The van der Waals surface area contributed by atoms with Crippen molar-refractivity contribution in [3.63, 3.8) is 0 Å². The van der Waals surface area contributed by atoms with Crippen molar-refractivity contribution >= 4 is 5.82 Å². The van der Waals surface area contributed by atoms with Crippen LogP contribution >= 0.6 is 0 Å². The second-order valence-electron chi connectivity index (χ2n) is 5.56. The van der Waals surface area contributed by atoms with Gasteiger partial charge in [-0.3, -0.25) is 0 Å². The van der Waals surface area contributed by atoms with Gasteiger partial charge in [-0.15, -0.1) is 0 Å². The van der Waals surface area contributed by atoms with Crippen molar-refractivity contribution in [2.75, 3.05) is 24.5 Å². The number of anilines is 1. The largest absolute Gasteiger partial charge is 0.357 e. The monoisotopic (exact) mass is 296 g/mol. The highest BCUT2D eigenvalue weighted by Gasteiger charge is 2.19. The fraction of sp³-hybridized carbons (Fsp3) is 0.438. The lowest BCUT2D eigenvalue weighted by Crippen LogP contribution is -2.43. The first-order chi connectivity index (χ1) is 10.8. The Morgan fingerprint density at radius 1 is 1.32 bits per heavy atom. The standard InChI is InChI=1S/C16H20N6/c17-9-13-1-2-16(20-10-13)22-7-4-14(5-8-22)19-6-3-15-11-18-12-21-15/h1-2,10-12,14,19H,3-8H2,(H,18,21). The summed E-state index contributed by atoms with van der Waals surface area (Å²) in [6, 6.07) is 6.43. The van der Waals surface area contributed by atoms with Gasteiger partial charge >= 0.3 is 0 Å². The van der Waals surface area contributed by atoms with Crippen LogP contribution in [0.2, 0.25) is 0 Å².